The standard InChI is InChI=1S/C18H24N6O3S/c1-4-16-22-23-18(28-16)21-13-7-11(2)20-14(8-13)15-10-24(5-6-27-15)17(26)9-19-12(3)25/h7-8,15H,4-6,9-10H2,1-3H3,(H,19,25)(H,20,21,23)/t15-/m1/s1. The van der Waals surface area contributed by atoms with Gasteiger partial charge in [-0.3, -0.25) is 14.6 Å². The molecule has 2 N–H and O–H groups in total. The molecule has 1 aliphatic heterocycles. The Labute approximate surface area is 167 Å². The molecule has 0 aliphatic carbocycles. The molecule has 2 aromatic rings. The second-order valence-corrected chi connectivity index (χ2v) is 7.57. The van der Waals surface area contributed by atoms with E-state index in [1.54, 1.807) is 4.90 Å². The Balaban J connectivity index is 1.70. The Hall–Kier alpha value is -2.59. The summed E-state index contributed by atoms with van der Waals surface area (Å²) in [5.41, 5.74) is 2.44. The van der Waals surface area contributed by atoms with E-state index in [1.807, 2.05) is 26.0 Å². The largest absolute Gasteiger partial charge is 0.368 e. The zero-order chi connectivity index (χ0) is 20.1. The van der Waals surface area contributed by atoms with Gasteiger partial charge < -0.3 is 20.3 Å². The van der Waals surface area contributed by atoms with Gasteiger partial charge in [0.05, 0.1) is 25.4 Å². The first-order valence-corrected chi connectivity index (χ1v) is 9.98. The molecule has 1 aliphatic rings. The number of pyridine rings is 1. The maximum atomic E-state index is 12.3. The van der Waals surface area contributed by atoms with Crippen LogP contribution in [0.15, 0.2) is 12.1 Å². The van der Waals surface area contributed by atoms with E-state index in [2.05, 4.69) is 25.8 Å². The zero-order valence-electron chi connectivity index (χ0n) is 16.2. The van der Waals surface area contributed by atoms with E-state index in [0.29, 0.717) is 19.7 Å². The van der Waals surface area contributed by atoms with Crippen molar-refractivity contribution < 1.29 is 14.3 Å². The van der Waals surface area contributed by atoms with Crippen molar-refractivity contribution >= 4 is 34.0 Å². The number of ether oxygens (including phenoxy) is 1. The van der Waals surface area contributed by atoms with Crippen molar-refractivity contribution in [2.24, 2.45) is 0 Å². The number of morpholine rings is 1. The summed E-state index contributed by atoms with van der Waals surface area (Å²) in [5, 5.41) is 15.8. The lowest BCUT2D eigenvalue weighted by molar-refractivity contribution is -0.139. The highest BCUT2D eigenvalue weighted by Crippen LogP contribution is 2.26. The minimum atomic E-state index is -0.323. The molecule has 3 heterocycles. The molecule has 1 atom stereocenters. The first kappa shape index (κ1) is 20.2. The van der Waals surface area contributed by atoms with E-state index in [4.69, 9.17) is 4.74 Å². The minimum Gasteiger partial charge on any atom is -0.368 e. The van der Waals surface area contributed by atoms with Crippen LogP contribution in [-0.4, -0.2) is 58.1 Å². The Morgan fingerprint density at radius 1 is 1.36 bits per heavy atom. The van der Waals surface area contributed by atoms with Crippen LogP contribution in [0.3, 0.4) is 0 Å². The number of aryl methyl sites for hydroxylation is 2. The molecule has 0 unspecified atom stereocenters. The number of amides is 2. The Bertz CT molecular complexity index is 856. The predicted octanol–water partition coefficient (Wildman–Crippen LogP) is 1.58. The number of nitrogens with one attached hydrogen (secondary N) is 2. The molecule has 1 saturated heterocycles. The number of hydrogen-bond donors (Lipinski definition) is 2. The molecule has 0 spiro atoms. The predicted molar refractivity (Wildman–Crippen MR) is 106 cm³/mol. The summed E-state index contributed by atoms with van der Waals surface area (Å²) in [4.78, 5) is 29.6. The van der Waals surface area contributed by atoms with Crippen molar-refractivity contribution in [3.63, 3.8) is 0 Å². The number of aromatic nitrogens is 3. The number of hydrogen-bond acceptors (Lipinski definition) is 8. The number of carbonyl (C=O) groups is 2. The Morgan fingerprint density at radius 3 is 2.89 bits per heavy atom. The van der Waals surface area contributed by atoms with Crippen LogP contribution in [0.25, 0.3) is 0 Å². The third-order valence-electron chi connectivity index (χ3n) is 4.23. The van der Waals surface area contributed by atoms with Crippen LogP contribution in [0.1, 0.15) is 36.3 Å². The summed E-state index contributed by atoms with van der Waals surface area (Å²) >= 11 is 1.51. The molecule has 2 aromatic heterocycles. The summed E-state index contributed by atoms with van der Waals surface area (Å²) < 4.78 is 5.85. The van der Waals surface area contributed by atoms with E-state index in [-0.39, 0.29) is 24.5 Å². The first-order chi connectivity index (χ1) is 13.4. The van der Waals surface area contributed by atoms with Gasteiger partial charge in [0.15, 0.2) is 0 Å². The third-order valence-corrected chi connectivity index (χ3v) is 5.21. The first-order valence-electron chi connectivity index (χ1n) is 9.16. The van der Waals surface area contributed by atoms with E-state index < -0.39 is 0 Å². The normalized spacial score (nSPS) is 16.7. The van der Waals surface area contributed by atoms with Gasteiger partial charge in [-0.25, -0.2) is 0 Å². The van der Waals surface area contributed by atoms with Crippen LogP contribution >= 0.6 is 11.3 Å². The molecule has 1 fully saturated rings. The number of carbonyl (C=O) groups excluding carboxylic acids is 2. The van der Waals surface area contributed by atoms with Crippen LogP contribution in [-0.2, 0) is 20.7 Å². The molecule has 2 amide bonds. The highest BCUT2D eigenvalue weighted by molar-refractivity contribution is 7.15. The molecule has 0 radical (unpaired) electrons. The third kappa shape index (κ3) is 5.23. The summed E-state index contributed by atoms with van der Waals surface area (Å²) in [6.45, 7) is 6.65. The fourth-order valence-corrected chi connectivity index (χ4v) is 3.57. The van der Waals surface area contributed by atoms with Gasteiger partial charge in [-0.05, 0) is 25.5 Å². The molecular formula is C18H24N6O3S. The Kier molecular flexibility index (Phi) is 6.53. The Morgan fingerprint density at radius 2 is 2.18 bits per heavy atom. The molecule has 10 heteroatoms. The lowest BCUT2D eigenvalue weighted by Gasteiger charge is -2.33. The van der Waals surface area contributed by atoms with Crippen LogP contribution in [0.5, 0.6) is 0 Å². The number of anilines is 2. The second-order valence-electron chi connectivity index (χ2n) is 6.51. The summed E-state index contributed by atoms with van der Waals surface area (Å²) in [5.74, 6) is -0.354. The molecule has 28 heavy (non-hydrogen) atoms. The molecule has 150 valence electrons. The maximum Gasteiger partial charge on any atom is 0.242 e. The van der Waals surface area contributed by atoms with Crippen molar-refractivity contribution in [3.8, 4) is 0 Å². The average Bonchev–Trinajstić information content (AvgIpc) is 3.13. The maximum absolute atomic E-state index is 12.3. The molecule has 0 aromatic carbocycles. The van der Waals surface area contributed by atoms with Crippen LogP contribution in [0.2, 0.25) is 0 Å². The van der Waals surface area contributed by atoms with E-state index >= 15 is 0 Å². The molecule has 0 bridgehead atoms. The van der Waals surface area contributed by atoms with Gasteiger partial charge in [0.1, 0.15) is 11.1 Å². The topological polar surface area (TPSA) is 109 Å². The van der Waals surface area contributed by atoms with Crippen LogP contribution < -0.4 is 10.6 Å². The average molecular weight is 404 g/mol. The van der Waals surface area contributed by atoms with Gasteiger partial charge in [0.2, 0.25) is 16.9 Å². The lowest BCUT2D eigenvalue weighted by atomic mass is 10.1. The summed E-state index contributed by atoms with van der Waals surface area (Å²) in [7, 11) is 0. The highest BCUT2D eigenvalue weighted by atomic mass is 32.1. The lowest BCUT2D eigenvalue weighted by Crippen LogP contribution is -2.46. The van der Waals surface area contributed by atoms with Gasteiger partial charge >= 0.3 is 0 Å². The molecule has 9 nitrogen and oxygen atoms in total. The van der Waals surface area contributed by atoms with E-state index in [1.165, 1.54) is 18.3 Å². The van der Waals surface area contributed by atoms with Crippen LogP contribution in [0.4, 0.5) is 10.8 Å². The molecule has 0 saturated carbocycles. The van der Waals surface area contributed by atoms with Gasteiger partial charge in [-0.15, -0.1) is 10.2 Å². The summed E-state index contributed by atoms with van der Waals surface area (Å²) in [6.07, 6.45) is 0.522. The van der Waals surface area contributed by atoms with Crippen molar-refractivity contribution in [2.75, 3.05) is 31.6 Å². The molecular weight excluding hydrogens is 380 g/mol. The highest BCUT2D eigenvalue weighted by Gasteiger charge is 2.26. The van der Waals surface area contributed by atoms with Gasteiger partial charge in [-0.2, -0.15) is 0 Å². The van der Waals surface area contributed by atoms with Crippen molar-refractivity contribution in [3.05, 3.63) is 28.5 Å². The number of rotatable bonds is 6. The molecule has 3 rings (SSSR count). The zero-order valence-corrected chi connectivity index (χ0v) is 17.0. The van der Waals surface area contributed by atoms with E-state index in [9.17, 15) is 9.59 Å². The second kappa shape index (κ2) is 9.07. The quantitative estimate of drug-likeness (QED) is 0.752. The van der Waals surface area contributed by atoms with Gasteiger partial charge in [0, 0.05) is 24.8 Å². The fraction of sp³-hybridized carbons (Fsp3) is 0.500. The van der Waals surface area contributed by atoms with Crippen LogP contribution in [0, 0.1) is 6.92 Å². The van der Waals surface area contributed by atoms with Crippen molar-refractivity contribution in [2.45, 2.75) is 33.3 Å². The van der Waals surface area contributed by atoms with E-state index in [0.717, 1.165) is 33.6 Å². The SMILES string of the molecule is CCc1nnc(Nc2cc(C)nc([C@H]3CN(C(=O)CNC(C)=O)CCO3)c2)s1. The van der Waals surface area contributed by atoms with Crippen molar-refractivity contribution in [1.82, 2.24) is 25.4 Å². The monoisotopic (exact) mass is 404 g/mol. The minimum absolute atomic E-state index is 0.00703. The van der Waals surface area contributed by atoms with Gasteiger partial charge in [0.25, 0.3) is 0 Å². The summed E-state index contributed by atoms with van der Waals surface area (Å²) in [6, 6.07) is 3.84. The fourth-order valence-electron chi connectivity index (χ4n) is 2.87. The smallest absolute Gasteiger partial charge is 0.242 e. The number of nitrogens with zero attached hydrogens (tertiary/aromatic N) is 4. The van der Waals surface area contributed by atoms with Gasteiger partial charge in [-0.1, -0.05) is 18.3 Å². The van der Waals surface area contributed by atoms with Crippen molar-refractivity contribution in [1.29, 1.82) is 0 Å².